The smallest absolute Gasteiger partial charge is 0.127 e. The quantitative estimate of drug-likeness (QED) is 0.672. The Morgan fingerprint density at radius 2 is 2.15 bits per heavy atom. The first-order chi connectivity index (χ1) is 6.25. The molecule has 0 unspecified atom stereocenters. The number of hydrogen-bond acceptors (Lipinski definition) is 2. The fourth-order valence-corrected chi connectivity index (χ4v) is 1.15. The fourth-order valence-electron chi connectivity index (χ4n) is 1.15. The largest absolute Gasteiger partial charge is 0.399 e. The summed E-state index contributed by atoms with van der Waals surface area (Å²) in [6.45, 7) is 0. The molecular weight excluding hydrogens is 169 g/mol. The Labute approximate surface area is 74.6 Å². The van der Waals surface area contributed by atoms with E-state index in [9.17, 15) is 4.39 Å². The Hall–Kier alpha value is -1.84. The molecule has 0 aliphatic heterocycles. The van der Waals surface area contributed by atoms with E-state index in [0.29, 0.717) is 11.4 Å². The van der Waals surface area contributed by atoms with Crippen molar-refractivity contribution in [3.8, 4) is 5.69 Å². The number of aromatic nitrogens is 2. The van der Waals surface area contributed by atoms with Crippen LogP contribution in [0.2, 0.25) is 0 Å². The highest BCUT2D eigenvalue weighted by atomic mass is 19.1. The third-order valence-corrected chi connectivity index (χ3v) is 1.67. The first kappa shape index (κ1) is 7.79. The molecule has 2 N–H and O–H groups in total. The number of anilines is 1. The molecule has 0 fully saturated rings. The minimum atomic E-state index is -0.356. The van der Waals surface area contributed by atoms with Gasteiger partial charge in [-0.05, 0) is 24.3 Å². The summed E-state index contributed by atoms with van der Waals surface area (Å²) in [6.07, 6.45) is 3.36. The van der Waals surface area contributed by atoms with Crippen LogP contribution in [0.1, 0.15) is 0 Å². The van der Waals surface area contributed by atoms with E-state index >= 15 is 0 Å². The molecule has 0 spiro atoms. The Bertz CT molecular complexity index is 389. The van der Waals surface area contributed by atoms with Crippen LogP contribution < -0.4 is 5.73 Å². The monoisotopic (exact) mass is 177 g/mol. The number of rotatable bonds is 1. The third-order valence-electron chi connectivity index (χ3n) is 1.67. The van der Waals surface area contributed by atoms with Crippen molar-refractivity contribution in [1.82, 2.24) is 9.78 Å². The molecule has 1 aromatic carbocycles. The van der Waals surface area contributed by atoms with E-state index < -0.39 is 0 Å². The average molecular weight is 177 g/mol. The Balaban J connectivity index is 2.53. The fraction of sp³-hybridized carbons (Fsp3) is 0. The van der Waals surface area contributed by atoms with Gasteiger partial charge in [0.05, 0.1) is 5.69 Å². The number of benzene rings is 1. The summed E-state index contributed by atoms with van der Waals surface area (Å²) in [4.78, 5) is 0. The first-order valence-corrected chi connectivity index (χ1v) is 3.82. The van der Waals surface area contributed by atoms with E-state index in [1.54, 1.807) is 29.2 Å². The van der Waals surface area contributed by atoms with Gasteiger partial charge in [-0.15, -0.1) is 0 Å². The summed E-state index contributed by atoms with van der Waals surface area (Å²) in [6, 6.07) is 6.08. The number of nitrogen functional groups attached to an aromatic ring is 1. The Morgan fingerprint density at radius 1 is 1.31 bits per heavy atom. The van der Waals surface area contributed by atoms with Crippen molar-refractivity contribution in [2.75, 3.05) is 5.73 Å². The summed E-state index contributed by atoms with van der Waals surface area (Å²) in [5.74, 6) is -0.356. The number of halogens is 1. The van der Waals surface area contributed by atoms with Crippen LogP contribution in [-0.2, 0) is 0 Å². The van der Waals surface area contributed by atoms with E-state index in [1.165, 1.54) is 12.1 Å². The summed E-state index contributed by atoms with van der Waals surface area (Å²) in [5, 5.41) is 3.96. The van der Waals surface area contributed by atoms with Crippen LogP contribution in [-0.4, -0.2) is 9.78 Å². The van der Waals surface area contributed by atoms with Crippen molar-refractivity contribution in [2.45, 2.75) is 0 Å². The summed E-state index contributed by atoms with van der Waals surface area (Å²) in [5.41, 5.74) is 6.51. The van der Waals surface area contributed by atoms with Gasteiger partial charge < -0.3 is 5.73 Å². The van der Waals surface area contributed by atoms with Crippen molar-refractivity contribution in [2.24, 2.45) is 0 Å². The Morgan fingerprint density at radius 3 is 2.77 bits per heavy atom. The second-order valence-corrected chi connectivity index (χ2v) is 2.69. The van der Waals surface area contributed by atoms with Crippen LogP contribution >= 0.6 is 0 Å². The molecule has 66 valence electrons. The molecule has 1 heterocycles. The van der Waals surface area contributed by atoms with Crippen LogP contribution in [0.3, 0.4) is 0 Å². The molecule has 0 atom stereocenters. The maximum atomic E-state index is 12.9. The molecule has 0 saturated carbocycles. The summed E-state index contributed by atoms with van der Waals surface area (Å²) < 4.78 is 14.5. The molecule has 0 aliphatic carbocycles. The minimum Gasteiger partial charge on any atom is -0.399 e. The third kappa shape index (κ3) is 1.51. The maximum absolute atomic E-state index is 12.9. The average Bonchev–Trinajstić information content (AvgIpc) is 2.53. The zero-order chi connectivity index (χ0) is 9.26. The van der Waals surface area contributed by atoms with Crippen molar-refractivity contribution in [3.63, 3.8) is 0 Å². The lowest BCUT2D eigenvalue weighted by molar-refractivity contribution is 0.626. The van der Waals surface area contributed by atoms with Gasteiger partial charge in [0.15, 0.2) is 0 Å². The van der Waals surface area contributed by atoms with Crippen molar-refractivity contribution in [1.29, 1.82) is 0 Å². The molecule has 3 nitrogen and oxygen atoms in total. The van der Waals surface area contributed by atoms with Gasteiger partial charge in [-0.3, -0.25) is 0 Å². The molecule has 2 rings (SSSR count). The lowest BCUT2D eigenvalue weighted by Crippen LogP contribution is -1.97. The second-order valence-electron chi connectivity index (χ2n) is 2.69. The van der Waals surface area contributed by atoms with Gasteiger partial charge in [-0.25, -0.2) is 9.07 Å². The van der Waals surface area contributed by atoms with Crippen LogP contribution in [0.4, 0.5) is 10.1 Å². The highest BCUT2D eigenvalue weighted by molar-refractivity contribution is 5.47. The highest BCUT2D eigenvalue weighted by Gasteiger charge is 1.99. The van der Waals surface area contributed by atoms with Crippen molar-refractivity contribution >= 4 is 5.69 Å². The molecule has 0 aliphatic rings. The zero-order valence-electron chi connectivity index (χ0n) is 6.81. The molecule has 1 aromatic heterocycles. The number of hydrogen-bond donors (Lipinski definition) is 1. The molecule has 13 heavy (non-hydrogen) atoms. The van der Waals surface area contributed by atoms with Crippen molar-refractivity contribution in [3.05, 3.63) is 42.5 Å². The topological polar surface area (TPSA) is 43.8 Å². The molecule has 0 amide bonds. The number of nitrogens with two attached hydrogens (primary N) is 1. The summed E-state index contributed by atoms with van der Waals surface area (Å²) >= 11 is 0. The number of nitrogens with zero attached hydrogens (tertiary/aromatic N) is 2. The minimum absolute atomic E-state index is 0.356. The van der Waals surface area contributed by atoms with Crippen molar-refractivity contribution < 1.29 is 4.39 Å². The normalized spacial score (nSPS) is 10.2. The predicted molar refractivity (Wildman–Crippen MR) is 47.9 cm³/mol. The van der Waals surface area contributed by atoms with Crippen LogP contribution in [0.25, 0.3) is 5.69 Å². The van der Waals surface area contributed by atoms with Gasteiger partial charge in [-0.1, -0.05) is 0 Å². The SMILES string of the molecule is Nc1cc(F)cc(-n2cccn2)c1. The van der Waals surface area contributed by atoms with Gasteiger partial charge >= 0.3 is 0 Å². The van der Waals surface area contributed by atoms with Gasteiger partial charge in [0, 0.05) is 18.1 Å². The van der Waals surface area contributed by atoms with E-state index in [-0.39, 0.29) is 5.82 Å². The molecule has 0 radical (unpaired) electrons. The maximum Gasteiger partial charge on any atom is 0.127 e. The van der Waals surface area contributed by atoms with Gasteiger partial charge in [-0.2, -0.15) is 5.10 Å². The molecule has 0 bridgehead atoms. The Kier molecular flexibility index (Phi) is 1.73. The summed E-state index contributed by atoms with van der Waals surface area (Å²) in [7, 11) is 0. The lowest BCUT2D eigenvalue weighted by atomic mass is 10.3. The van der Waals surface area contributed by atoms with E-state index in [1.807, 2.05) is 0 Å². The second kappa shape index (κ2) is 2.90. The standard InChI is InChI=1S/C9H8FN3/c10-7-4-8(11)6-9(5-7)13-3-1-2-12-13/h1-6H,11H2. The highest BCUT2D eigenvalue weighted by Crippen LogP contribution is 2.13. The first-order valence-electron chi connectivity index (χ1n) is 3.82. The molecule has 0 saturated heterocycles. The van der Waals surface area contributed by atoms with Crippen LogP contribution in [0, 0.1) is 5.82 Å². The van der Waals surface area contributed by atoms with E-state index in [2.05, 4.69) is 5.10 Å². The van der Waals surface area contributed by atoms with Gasteiger partial charge in [0.1, 0.15) is 5.82 Å². The van der Waals surface area contributed by atoms with Crippen LogP contribution in [0.5, 0.6) is 0 Å². The lowest BCUT2D eigenvalue weighted by Gasteiger charge is -2.02. The van der Waals surface area contributed by atoms with Gasteiger partial charge in [0.2, 0.25) is 0 Å². The van der Waals surface area contributed by atoms with Crippen LogP contribution in [0.15, 0.2) is 36.7 Å². The molecule has 2 aromatic rings. The molecular formula is C9H8FN3. The van der Waals surface area contributed by atoms with E-state index in [4.69, 9.17) is 5.73 Å². The van der Waals surface area contributed by atoms with Gasteiger partial charge in [0.25, 0.3) is 0 Å². The predicted octanol–water partition coefficient (Wildman–Crippen LogP) is 1.59. The van der Waals surface area contributed by atoms with E-state index in [0.717, 1.165) is 0 Å². The molecule has 4 heteroatoms. The zero-order valence-corrected chi connectivity index (χ0v) is 6.81.